The van der Waals surface area contributed by atoms with Gasteiger partial charge in [0.1, 0.15) is 0 Å². The van der Waals surface area contributed by atoms with E-state index in [0.29, 0.717) is 16.7 Å². The average molecular weight is 405 g/mol. The number of primary amides is 1. The van der Waals surface area contributed by atoms with Crippen molar-refractivity contribution in [3.05, 3.63) is 28.9 Å². The van der Waals surface area contributed by atoms with Gasteiger partial charge in [-0.3, -0.25) is 4.79 Å². The van der Waals surface area contributed by atoms with Crippen molar-refractivity contribution < 1.29 is 4.79 Å². The maximum absolute atomic E-state index is 11.7. The third-order valence-corrected chi connectivity index (χ3v) is 5.05. The molecule has 2 atom stereocenters. The van der Waals surface area contributed by atoms with Crippen molar-refractivity contribution in [3.63, 3.8) is 0 Å². The molecular formula is C18H25ClN8O. The number of carbonyl (C=O) groups is 1. The monoisotopic (exact) mass is 404 g/mol. The first-order valence-electron chi connectivity index (χ1n) is 9.15. The Morgan fingerprint density at radius 3 is 2.64 bits per heavy atom. The molecular weight excluding hydrogens is 380 g/mol. The topological polar surface area (TPSA) is 135 Å². The van der Waals surface area contributed by atoms with Crippen molar-refractivity contribution in [1.29, 1.82) is 0 Å². The van der Waals surface area contributed by atoms with E-state index in [4.69, 9.17) is 23.1 Å². The minimum Gasteiger partial charge on any atom is -0.376 e. The zero-order valence-electron chi connectivity index (χ0n) is 15.9. The zero-order valence-corrected chi connectivity index (χ0v) is 16.7. The smallest absolute Gasteiger partial charge is 0.273 e. The van der Waals surface area contributed by atoms with Crippen molar-refractivity contribution >= 4 is 40.6 Å². The van der Waals surface area contributed by atoms with Crippen LogP contribution in [0.15, 0.2) is 18.2 Å². The van der Waals surface area contributed by atoms with Gasteiger partial charge in [-0.2, -0.15) is 4.98 Å². The summed E-state index contributed by atoms with van der Waals surface area (Å²) in [6, 6.07) is 5.54. The van der Waals surface area contributed by atoms with Crippen LogP contribution in [-0.2, 0) is 0 Å². The third kappa shape index (κ3) is 4.60. The molecule has 0 bridgehead atoms. The van der Waals surface area contributed by atoms with E-state index in [-0.39, 0.29) is 23.6 Å². The standard InChI is InChI=1S/C18H25ClN8O/c1-27(2)14-8-7-10(9-11(14)19)22-17-15(16(21)28)25-26-18(24-17)23-13-6-4-3-5-12(13)20/h7-9,12-13H,3-6,20H2,1-2H3,(H2,21,28)(H2,22,23,24,26)/t12-,13+/m0/s1. The van der Waals surface area contributed by atoms with Crippen LogP contribution in [-0.4, -0.2) is 47.3 Å². The Bertz CT molecular complexity index is 859. The molecule has 0 spiro atoms. The van der Waals surface area contributed by atoms with Gasteiger partial charge in [0.15, 0.2) is 11.5 Å². The maximum Gasteiger partial charge on any atom is 0.273 e. The van der Waals surface area contributed by atoms with Gasteiger partial charge in [-0.25, -0.2) is 0 Å². The van der Waals surface area contributed by atoms with Gasteiger partial charge in [-0.05, 0) is 31.0 Å². The first kappa shape index (κ1) is 20.1. The summed E-state index contributed by atoms with van der Waals surface area (Å²) in [6.45, 7) is 0. The highest BCUT2D eigenvalue weighted by atomic mass is 35.5. The number of carbonyl (C=O) groups excluding carboxylic acids is 1. The van der Waals surface area contributed by atoms with E-state index in [1.54, 1.807) is 6.07 Å². The number of nitrogens with one attached hydrogen (secondary N) is 2. The van der Waals surface area contributed by atoms with Crippen molar-refractivity contribution in [3.8, 4) is 0 Å². The molecule has 10 heteroatoms. The SMILES string of the molecule is CN(C)c1ccc(Nc2nc(N[C@@H]3CCCC[C@@H]3N)nnc2C(N)=O)cc1Cl. The van der Waals surface area contributed by atoms with E-state index in [1.165, 1.54) is 0 Å². The molecule has 28 heavy (non-hydrogen) atoms. The minimum absolute atomic E-state index is 0.0296. The van der Waals surface area contributed by atoms with Crippen molar-refractivity contribution in [1.82, 2.24) is 15.2 Å². The number of hydrogen-bond donors (Lipinski definition) is 4. The molecule has 1 aromatic heterocycles. The third-order valence-electron chi connectivity index (χ3n) is 4.75. The molecule has 0 aliphatic heterocycles. The first-order chi connectivity index (χ1) is 13.3. The number of anilines is 4. The van der Waals surface area contributed by atoms with Crippen molar-refractivity contribution in [2.75, 3.05) is 29.6 Å². The highest BCUT2D eigenvalue weighted by molar-refractivity contribution is 6.33. The lowest BCUT2D eigenvalue weighted by Crippen LogP contribution is -2.43. The number of hydrogen-bond acceptors (Lipinski definition) is 8. The summed E-state index contributed by atoms with van der Waals surface area (Å²) in [7, 11) is 3.81. The number of aromatic nitrogens is 3. The lowest BCUT2D eigenvalue weighted by Gasteiger charge is -2.29. The van der Waals surface area contributed by atoms with Gasteiger partial charge in [-0.15, -0.1) is 10.2 Å². The fourth-order valence-electron chi connectivity index (χ4n) is 3.23. The molecule has 6 N–H and O–H groups in total. The van der Waals surface area contributed by atoms with Gasteiger partial charge in [-0.1, -0.05) is 24.4 Å². The van der Waals surface area contributed by atoms with Gasteiger partial charge in [0, 0.05) is 31.9 Å². The van der Waals surface area contributed by atoms with E-state index in [1.807, 2.05) is 31.1 Å². The van der Waals surface area contributed by atoms with Crippen LogP contribution in [0, 0.1) is 0 Å². The predicted octanol–water partition coefficient (Wildman–Crippen LogP) is 2.12. The van der Waals surface area contributed by atoms with Crippen LogP contribution in [0.1, 0.15) is 36.2 Å². The molecule has 1 amide bonds. The minimum atomic E-state index is -0.723. The molecule has 9 nitrogen and oxygen atoms in total. The van der Waals surface area contributed by atoms with Crippen LogP contribution < -0.4 is 27.0 Å². The van der Waals surface area contributed by atoms with E-state index < -0.39 is 5.91 Å². The summed E-state index contributed by atoms with van der Waals surface area (Å²) >= 11 is 6.32. The molecule has 1 aliphatic carbocycles. The molecule has 150 valence electrons. The molecule has 3 rings (SSSR count). The zero-order chi connectivity index (χ0) is 20.3. The van der Waals surface area contributed by atoms with Crippen LogP contribution in [0.25, 0.3) is 0 Å². The number of halogens is 1. The number of rotatable bonds is 6. The summed E-state index contributed by atoms with van der Waals surface area (Å²) in [6.07, 6.45) is 4.11. The number of nitrogens with zero attached hydrogens (tertiary/aromatic N) is 4. The average Bonchev–Trinajstić information content (AvgIpc) is 2.63. The Morgan fingerprint density at radius 1 is 1.25 bits per heavy atom. The second-order valence-corrected chi connectivity index (χ2v) is 7.49. The second-order valence-electron chi connectivity index (χ2n) is 7.08. The van der Waals surface area contributed by atoms with Crippen molar-refractivity contribution in [2.24, 2.45) is 11.5 Å². The predicted molar refractivity (Wildman–Crippen MR) is 111 cm³/mol. The fraction of sp³-hybridized carbons (Fsp3) is 0.444. The lowest BCUT2D eigenvalue weighted by atomic mass is 9.91. The molecule has 1 aliphatic rings. The Hall–Kier alpha value is -2.65. The van der Waals surface area contributed by atoms with Crippen LogP contribution in [0.3, 0.4) is 0 Å². The summed E-state index contributed by atoms with van der Waals surface area (Å²) < 4.78 is 0. The first-order valence-corrected chi connectivity index (χ1v) is 9.53. The number of amides is 1. The molecule has 1 aromatic carbocycles. The normalized spacial score (nSPS) is 19.1. The Balaban J connectivity index is 1.85. The van der Waals surface area contributed by atoms with Gasteiger partial charge in [0.2, 0.25) is 5.95 Å². The van der Waals surface area contributed by atoms with Gasteiger partial charge in [0.25, 0.3) is 5.91 Å². The molecule has 2 aromatic rings. The summed E-state index contributed by atoms with van der Waals surface area (Å²) in [4.78, 5) is 18.0. The molecule has 1 fully saturated rings. The summed E-state index contributed by atoms with van der Waals surface area (Å²) in [5.41, 5.74) is 13.1. The fourth-order valence-corrected chi connectivity index (χ4v) is 3.58. The van der Waals surface area contributed by atoms with E-state index in [0.717, 1.165) is 31.4 Å². The molecule has 1 heterocycles. The van der Waals surface area contributed by atoms with Gasteiger partial charge in [0.05, 0.1) is 10.7 Å². The highest BCUT2D eigenvalue weighted by Crippen LogP contribution is 2.29. The van der Waals surface area contributed by atoms with Crippen LogP contribution in [0.2, 0.25) is 5.02 Å². The maximum atomic E-state index is 11.7. The highest BCUT2D eigenvalue weighted by Gasteiger charge is 2.23. The van der Waals surface area contributed by atoms with E-state index in [2.05, 4.69) is 25.8 Å². The molecule has 0 unspecified atom stereocenters. The second kappa shape index (κ2) is 8.57. The Kier molecular flexibility index (Phi) is 6.15. The summed E-state index contributed by atoms with van der Waals surface area (Å²) in [5, 5.41) is 14.8. The van der Waals surface area contributed by atoms with E-state index in [9.17, 15) is 4.79 Å². The number of benzene rings is 1. The lowest BCUT2D eigenvalue weighted by molar-refractivity contribution is 0.0995. The molecule has 0 radical (unpaired) electrons. The molecule has 1 saturated carbocycles. The van der Waals surface area contributed by atoms with Crippen molar-refractivity contribution in [2.45, 2.75) is 37.8 Å². The Labute approximate surface area is 168 Å². The van der Waals surface area contributed by atoms with Crippen LogP contribution in [0.5, 0.6) is 0 Å². The largest absolute Gasteiger partial charge is 0.376 e. The van der Waals surface area contributed by atoms with Gasteiger partial charge < -0.3 is 27.0 Å². The number of nitrogens with two attached hydrogens (primary N) is 2. The summed E-state index contributed by atoms with van der Waals surface area (Å²) in [5.74, 6) is -0.215. The van der Waals surface area contributed by atoms with E-state index >= 15 is 0 Å². The van der Waals surface area contributed by atoms with Crippen LogP contribution >= 0.6 is 11.6 Å². The quantitative estimate of drug-likeness (QED) is 0.574. The Morgan fingerprint density at radius 2 is 2.00 bits per heavy atom. The van der Waals surface area contributed by atoms with Crippen LogP contribution in [0.4, 0.5) is 23.1 Å². The van der Waals surface area contributed by atoms with Gasteiger partial charge >= 0.3 is 0 Å². The molecule has 0 saturated heterocycles.